The van der Waals surface area contributed by atoms with Crippen LogP contribution in [-0.2, 0) is 13.0 Å². The normalized spacial score (nSPS) is 12.3. The second-order valence-electron chi connectivity index (χ2n) is 4.54. The van der Waals surface area contributed by atoms with Crippen molar-refractivity contribution in [3.05, 3.63) is 65.7 Å². The largest absolute Gasteiger partial charge is 0.399 e. The Morgan fingerprint density at radius 3 is 2.39 bits per heavy atom. The van der Waals surface area contributed by atoms with Gasteiger partial charge in [0.25, 0.3) is 0 Å². The zero-order valence-corrected chi connectivity index (χ0v) is 10.7. The molecule has 0 radical (unpaired) electrons. The van der Waals surface area contributed by atoms with Crippen LogP contribution < -0.4 is 5.73 Å². The summed E-state index contributed by atoms with van der Waals surface area (Å²) < 4.78 is 15.4. The fourth-order valence-corrected chi connectivity index (χ4v) is 1.86. The van der Waals surface area contributed by atoms with Gasteiger partial charge in [0.1, 0.15) is 0 Å². The Morgan fingerprint density at radius 2 is 1.72 bits per heavy atom. The van der Waals surface area contributed by atoms with E-state index >= 15 is 0 Å². The summed E-state index contributed by atoms with van der Waals surface area (Å²) in [6.07, 6.45) is 0.821. The molecule has 2 aromatic carbocycles. The van der Waals surface area contributed by atoms with E-state index in [4.69, 9.17) is 8.48 Å². The lowest BCUT2D eigenvalue weighted by molar-refractivity contribution is 0.331. The van der Waals surface area contributed by atoms with Gasteiger partial charge in [0.2, 0.25) is 0 Å². The maximum absolute atomic E-state index is 7.71. The van der Waals surface area contributed by atoms with Crippen molar-refractivity contribution in [3.63, 3.8) is 0 Å². The number of benzene rings is 2. The molecule has 0 saturated carbocycles. The SMILES string of the molecule is [3H]c1cc(CCN(C)Cc2ccccc2)cc([3H])c1N. The highest BCUT2D eigenvalue weighted by atomic mass is 15.1. The van der Waals surface area contributed by atoms with Crippen LogP contribution in [0.4, 0.5) is 5.69 Å². The summed E-state index contributed by atoms with van der Waals surface area (Å²) in [5.41, 5.74) is 8.16. The topological polar surface area (TPSA) is 29.3 Å². The smallest absolute Gasteiger partial charge is 0.0645 e. The van der Waals surface area contributed by atoms with Crippen LogP contribution in [0, 0.1) is 0 Å². The van der Waals surface area contributed by atoms with Gasteiger partial charge >= 0.3 is 0 Å². The van der Waals surface area contributed by atoms with Crippen LogP contribution in [-0.4, -0.2) is 18.5 Å². The summed E-state index contributed by atoms with van der Waals surface area (Å²) in [5.74, 6) is 0. The van der Waals surface area contributed by atoms with Gasteiger partial charge in [-0.2, -0.15) is 0 Å². The highest BCUT2D eigenvalue weighted by Gasteiger charge is 2.00. The average Bonchev–Trinajstić information content (AvgIpc) is 2.43. The highest BCUT2D eigenvalue weighted by Crippen LogP contribution is 2.08. The number of anilines is 1. The van der Waals surface area contributed by atoms with Gasteiger partial charge < -0.3 is 10.6 Å². The molecule has 0 atom stereocenters. The molecule has 0 heterocycles. The molecule has 0 saturated heterocycles. The molecule has 2 N–H and O–H groups in total. The van der Waals surface area contributed by atoms with Crippen LogP contribution in [0.2, 0.25) is 0 Å². The molecule has 2 rings (SSSR count). The summed E-state index contributed by atoms with van der Waals surface area (Å²) in [4.78, 5) is 2.24. The molecular weight excluding hydrogens is 220 g/mol. The lowest BCUT2D eigenvalue weighted by Crippen LogP contribution is -2.20. The van der Waals surface area contributed by atoms with Gasteiger partial charge in [-0.05, 0) is 36.7 Å². The molecule has 0 spiro atoms. The zero-order chi connectivity index (χ0) is 14.5. The Kier molecular flexibility index (Phi) is 3.51. The molecule has 0 aromatic heterocycles. The van der Waals surface area contributed by atoms with Crippen molar-refractivity contribution < 1.29 is 2.74 Å². The van der Waals surface area contributed by atoms with Gasteiger partial charge in [-0.1, -0.05) is 42.5 Å². The molecule has 18 heavy (non-hydrogen) atoms. The van der Waals surface area contributed by atoms with Crippen molar-refractivity contribution in [3.8, 4) is 0 Å². The van der Waals surface area contributed by atoms with Gasteiger partial charge in [0.15, 0.2) is 0 Å². The molecule has 0 aliphatic heterocycles. The lowest BCUT2D eigenvalue weighted by atomic mass is 10.1. The van der Waals surface area contributed by atoms with Crippen LogP contribution >= 0.6 is 0 Å². The van der Waals surface area contributed by atoms with Crippen molar-refractivity contribution in [2.75, 3.05) is 19.3 Å². The Labute approximate surface area is 112 Å². The first kappa shape index (κ1) is 10.2. The Balaban J connectivity index is 1.92. The van der Waals surface area contributed by atoms with Crippen molar-refractivity contribution in [1.29, 1.82) is 0 Å². The fourth-order valence-electron chi connectivity index (χ4n) is 1.86. The van der Waals surface area contributed by atoms with E-state index in [0.717, 1.165) is 25.1 Å². The molecule has 2 nitrogen and oxygen atoms in total. The van der Waals surface area contributed by atoms with Crippen LogP contribution in [0.1, 0.15) is 13.9 Å². The number of nitrogen functional groups attached to an aromatic ring is 1. The van der Waals surface area contributed by atoms with E-state index in [9.17, 15) is 0 Å². The first-order valence-electron chi connectivity index (χ1n) is 7.14. The van der Waals surface area contributed by atoms with Gasteiger partial charge in [0.05, 0.1) is 2.74 Å². The first-order chi connectivity index (χ1) is 9.56. The zero-order valence-electron chi connectivity index (χ0n) is 12.7. The maximum Gasteiger partial charge on any atom is 0.0645 e. The Hall–Kier alpha value is -1.80. The van der Waals surface area contributed by atoms with Gasteiger partial charge in [0, 0.05) is 18.8 Å². The molecule has 0 bridgehead atoms. The molecular formula is C16H20N2. The number of likely N-dealkylation sites (N-methyl/N-ethyl adjacent to an activating group) is 1. The number of nitrogens with zero attached hydrogens (tertiary/aromatic N) is 1. The minimum absolute atomic E-state index is 0.248. The highest BCUT2D eigenvalue weighted by molar-refractivity contribution is 5.39. The second kappa shape index (κ2) is 6.22. The number of hydrogen-bond acceptors (Lipinski definition) is 2. The number of nitrogens with two attached hydrogens (primary N) is 1. The average molecular weight is 244 g/mol. The van der Waals surface area contributed by atoms with Crippen molar-refractivity contribution in [2.24, 2.45) is 0 Å². The summed E-state index contributed by atoms with van der Waals surface area (Å²) in [5, 5.41) is 0. The van der Waals surface area contributed by atoms with E-state index in [1.165, 1.54) is 5.56 Å². The third kappa shape index (κ3) is 3.90. The molecule has 0 amide bonds. The van der Waals surface area contributed by atoms with Crippen LogP contribution in [0.5, 0.6) is 0 Å². The van der Waals surface area contributed by atoms with Crippen molar-refractivity contribution >= 4 is 5.69 Å². The second-order valence-corrected chi connectivity index (χ2v) is 4.54. The molecule has 0 aliphatic rings. The van der Waals surface area contributed by atoms with Crippen molar-refractivity contribution in [1.82, 2.24) is 4.90 Å². The van der Waals surface area contributed by atoms with Gasteiger partial charge in [-0.3, -0.25) is 0 Å². The van der Waals surface area contributed by atoms with E-state index in [2.05, 4.69) is 24.1 Å². The van der Waals surface area contributed by atoms with Crippen LogP contribution in [0.25, 0.3) is 0 Å². The quantitative estimate of drug-likeness (QED) is 0.819. The van der Waals surface area contributed by atoms with Crippen molar-refractivity contribution in [2.45, 2.75) is 13.0 Å². The minimum atomic E-state index is 0.248. The number of hydrogen-bond donors (Lipinski definition) is 1. The van der Waals surface area contributed by atoms with Crippen LogP contribution in [0.15, 0.2) is 54.5 Å². The van der Waals surface area contributed by atoms with Gasteiger partial charge in [-0.15, -0.1) is 0 Å². The summed E-state index contributed by atoms with van der Waals surface area (Å²) >= 11 is 0. The molecule has 2 aromatic rings. The predicted molar refractivity (Wildman–Crippen MR) is 77.3 cm³/mol. The molecule has 0 unspecified atom stereocenters. The summed E-state index contributed by atoms with van der Waals surface area (Å²) in [6, 6.07) is 14.3. The standard InChI is InChI=1S/C16H20N2/c1-18(13-15-5-3-2-4-6-15)12-11-14-7-9-16(17)10-8-14/h2-10H,11-13,17H2,1H3/i9T,10T. The minimum Gasteiger partial charge on any atom is -0.399 e. The summed E-state index contributed by atoms with van der Waals surface area (Å²) in [6.45, 7) is 1.79. The molecule has 0 fully saturated rings. The van der Waals surface area contributed by atoms with E-state index < -0.39 is 0 Å². The monoisotopic (exact) mass is 244 g/mol. The van der Waals surface area contributed by atoms with E-state index in [1.807, 2.05) is 18.2 Å². The fraction of sp³-hybridized carbons (Fsp3) is 0.250. The Morgan fingerprint density at radius 1 is 1.06 bits per heavy atom. The van der Waals surface area contributed by atoms with Crippen LogP contribution in [0.3, 0.4) is 0 Å². The van der Waals surface area contributed by atoms with E-state index in [-0.39, 0.29) is 17.8 Å². The third-order valence-corrected chi connectivity index (χ3v) is 2.90. The predicted octanol–water partition coefficient (Wildman–Crippen LogP) is 2.94. The summed E-state index contributed by atoms with van der Waals surface area (Å²) in [7, 11) is 2.08. The molecule has 94 valence electrons. The number of rotatable bonds is 5. The first-order valence-corrected chi connectivity index (χ1v) is 6.14. The molecule has 2 heteroatoms. The lowest BCUT2D eigenvalue weighted by Gasteiger charge is -2.16. The third-order valence-electron chi connectivity index (χ3n) is 2.90. The Bertz CT molecular complexity index is 547. The molecule has 0 aliphatic carbocycles. The van der Waals surface area contributed by atoms with E-state index in [0.29, 0.717) is 0 Å². The maximum atomic E-state index is 7.71. The van der Waals surface area contributed by atoms with Gasteiger partial charge in [-0.25, -0.2) is 0 Å². The van der Waals surface area contributed by atoms with E-state index in [1.54, 1.807) is 12.1 Å².